The number of carbonyl (C=O) groups is 1. The molecule has 7 heteroatoms. The second-order valence-corrected chi connectivity index (χ2v) is 5.90. The Hall–Kier alpha value is -3.61. The molecular formula is C20H12F3N3O. The Morgan fingerprint density at radius 2 is 1.78 bits per heavy atom. The fraction of sp³-hybridized carbons (Fsp3) is 0. The second kappa shape index (κ2) is 6.60. The highest BCUT2D eigenvalue weighted by Crippen LogP contribution is 2.22. The van der Waals surface area contributed by atoms with E-state index in [1.165, 1.54) is 24.3 Å². The van der Waals surface area contributed by atoms with Crippen LogP contribution in [0.1, 0.15) is 10.4 Å². The first-order chi connectivity index (χ1) is 13.0. The summed E-state index contributed by atoms with van der Waals surface area (Å²) in [5.41, 5.74) is 2.14. The van der Waals surface area contributed by atoms with Crippen LogP contribution in [0.2, 0.25) is 0 Å². The number of hydrogen-bond donors (Lipinski definition) is 1. The standard InChI is InChI=1S/C20H12F3N3O/c21-14-3-1-2-13(8-14)20(27)24-15-5-7-19-25-18(11-26(19)10-15)12-4-6-16(22)17(23)9-12/h1-11H,(H,24,27). The Balaban J connectivity index is 1.62. The molecule has 2 heterocycles. The Labute approximate surface area is 151 Å². The minimum absolute atomic E-state index is 0.197. The third kappa shape index (κ3) is 3.39. The smallest absolute Gasteiger partial charge is 0.255 e. The molecule has 1 amide bonds. The van der Waals surface area contributed by atoms with Gasteiger partial charge in [-0.15, -0.1) is 0 Å². The molecule has 27 heavy (non-hydrogen) atoms. The average molecular weight is 367 g/mol. The lowest BCUT2D eigenvalue weighted by Gasteiger charge is -2.05. The number of carbonyl (C=O) groups excluding carboxylic acids is 1. The van der Waals surface area contributed by atoms with Crippen molar-refractivity contribution in [3.8, 4) is 11.3 Å². The molecule has 0 saturated heterocycles. The quantitative estimate of drug-likeness (QED) is 0.572. The molecule has 0 atom stereocenters. The van der Waals surface area contributed by atoms with Crippen LogP contribution < -0.4 is 5.32 Å². The highest BCUT2D eigenvalue weighted by molar-refractivity contribution is 6.04. The van der Waals surface area contributed by atoms with Gasteiger partial charge >= 0.3 is 0 Å². The molecule has 0 spiro atoms. The number of fused-ring (bicyclic) bond motifs is 1. The van der Waals surface area contributed by atoms with Crippen molar-refractivity contribution in [1.29, 1.82) is 0 Å². The maximum Gasteiger partial charge on any atom is 0.255 e. The summed E-state index contributed by atoms with van der Waals surface area (Å²) in [4.78, 5) is 16.6. The van der Waals surface area contributed by atoms with Gasteiger partial charge in [0.25, 0.3) is 5.91 Å². The molecule has 2 aromatic heterocycles. The topological polar surface area (TPSA) is 46.4 Å². The molecule has 0 bridgehead atoms. The van der Waals surface area contributed by atoms with Gasteiger partial charge in [0.05, 0.1) is 11.4 Å². The van der Waals surface area contributed by atoms with Crippen LogP contribution in [0.4, 0.5) is 18.9 Å². The number of aromatic nitrogens is 2. The lowest BCUT2D eigenvalue weighted by Crippen LogP contribution is -2.12. The minimum atomic E-state index is -0.951. The molecule has 0 fully saturated rings. The van der Waals surface area contributed by atoms with Crippen LogP contribution in [0.5, 0.6) is 0 Å². The van der Waals surface area contributed by atoms with Crippen LogP contribution in [0.3, 0.4) is 0 Å². The molecule has 1 N–H and O–H groups in total. The number of hydrogen-bond acceptors (Lipinski definition) is 2. The third-order valence-electron chi connectivity index (χ3n) is 4.01. The molecule has 0 radical (unpaired) electrons. The lowest BCUT2D eigenvalue weighted by atomic mass is 10.1. The maximum atomic E-state index is 13.4. The van der Waals surface area contributed by atoms with Crippen molar-refractivity contribution in [3.05, 3.63) is 90.0 Å². The van der Waals surface area contributed by atoms with E-state index in [0.717, 1.165) is 18.2 Å². The Bertz CT molecular complexity index is 1170. The molecule has 0 aliphatic carbocycles. The molecule has 4 nitrogen and oxygen atoms in total. The van der Waals surface area contributed by atoms with E-state index in [1.54, 1.807) is 28.9 Å². The summed E-state index contributed by atoms with van der Waals surface area (Å²) in [6.45, 7) is 0. The fourth-order valence-corrected chi connectivity index (χ4v) is 2.69. The molecule has 2 aromatic carbocycles. The van der Waals surface area contributed by atoms with E-state index < -0.39 is 23.4 Å². The molecule has 0 aliphatic heterocycles. The SMILES string of the molecule is O=C(Nc1ccc2nc(-c3ccc(F)c(F)c3)cn2c1)c1cccc(F)c1. The number of nitrogens with zero attached hydrogens (tertiary/aromatic N) is 2. The number of nitrogens with one attached hydrogen (secondary N) is 1. The summed E-state index contributed by atoms with van der Waals surface area (Å²) < 4.78 is 41.4. The van der Waals surface area contributed by atoms with Gasteiger partial charge in [0.15, 0.2) is 11.6 Å². The zero-order valence-corrected chi connectivity index (χ0v) is 13.8. The first-order valence-corrected chi connectivity index (χ1v) is 8.01. The summed E-state index contributed by atoms with van der Waals surface area (Å²) >= 11 is 0. The van der Waals surface area contributed by atoms with Crippen molar-refractivity contribution >= 4 is 17.2 Å². The van der Waals surface area contributed by atoms with Gasteiger partial charge < -0.3 is 9.72 Å². The van der Waals surface area contributed by atoms with Crippen LogP contribution in [0, 0.1) is 17.5 Å². The first kappa shape index (κ1) is 16.8. The number of pyridine rings is 1. The monoisotopic (exact) mass is 367 g/mol. The van der Waals surface area contributed by atoms with Gasteiger partial charge in [-0.25, -0.2) is 18.2 Å². The second-order valence-electron chi connectivity index (χ2n) is 5.90. The molecule has 134 valence electrons. The van der Waals surface area contributed by atoms with Crippen molar-refractivity contribution in [2.45, 2.75) is 0 Å². The van der Waals surface area contributed by atoms with Gasteiger partial charge in [0.2, 0.25) is 0 Å². The highest BCUT2D eigenvalue weighted by Gasteiger charge is 2.10. The van der Waals surface area contributed by atoms with Crippen LogP contribution in [0.25, 0.3) is 16.9 Å². The van der Waals surface area contributed by atoms with Crippen LogP contribution >= 0.6 is 0 Å². The fourth-order valence-electron chi connectivity index (χ4n) is 2.69. The van der Waals surface area contributed by atoms with Crippen molar-refractivity contribution in [3.63, 3.8) is 0 Å². The van der Waals surface area contributed by atoms with Gasteiger partial charge in [-0.1, -0.05) is 6.07 Å². The summed E-state index contributed by atoms with van der Waals surface area (Å²) in [6, 6.07) is 12.2. The van der Waals surface area contributed by atoms with Crippen molar-refractivity contribution in [2.75, 3.05) is 5.32 Å². The van der Waals surface area contributed by atoms with E-state index in [1.807, 2.05) is 0 Å². The van der Waals surface area contributed by atoms with Gasteiger partial charge in [0.1, 0.15) is 11.5 Å². The van der Waals surface area contributed by atoms with Crippen molar-refractivity contribution in [1.82, 2.24) is 9.38 Å². The molecule has 4 rings (SSSR count). The van der Waals surface area contributed by atoms with Crippen molar-refractivity contribution < 1.29 is 18.0 Å². The molecule has 4 aromatic rings. The Morgan fingerprint density at radius 1 is 0.926 bits per heavy atom. The Morgan fingerprint density at radius 3 is 2.56 bits per heavy atom. The summed E-state index contributed by atoms with van der Waals surface area (Å²) in [5.74, 6) is -2.82. The number of benzene rings is 2. The number of anilines is 1. The number of imidazole rings is 1. The normalized spacial score (nSPS) is 10.9. The van der Waals surface area contributed by atoms with E-state index >= 15 is 0 Å². The van der Waals surface area contributed by atoms with Gasteiger partial charge in [-0.3, -0.25) is 4.79 Å². The van der Waals surface area contributed by atoms with Gasteiger partial charge in [-0.05, 0) is 48.5 Å². The van der Waals surface area contributed by atoms with Crippen LogP contribution in [-0.2, 0) is 0 Å². The van der Waals surface area contributed by atoms with E-state index in [4.69, 9.17) is 0 Å². The number of rotatable bonds is 3. The van der Waals surface area contributed by atoms with E-state index in [0.29, 0.717) is 22.6 Å². The van der Waals surface area contributed by atoms with Crippen LogP contribution in [0.15, 0.2) is 67.0 Å². The first-order valence-electron chi connectivity index (χ1n) is 8.01. The lowest BCUT2D eigenvalue weighted by molar-refractivity contribution is 0.102. The summed E-state index contributed by atoms with van der Waals surface area (Å²) in [6.07, 6.45) is 3.27. The predicted molar refractivity (Wildman–Crippen MR) is 94.9 cm³/mol. The zero-order chi connectivity index (χ0) is 19.0. The van der Waals surface area contributed by atoms with E-state index in [-0.39, 0.29) is 5.56 Å². The van der Waals surface area contributed by atoms with E-state index in [2.05, 4.69) is 10.3 Å². The maximum absolute atomic E-state index is 13.4. The third-order valence-corrected chi connectivity index (χ3v) is 4.01. The molecule has 0 aliphatic rings. The van der Waals surface area contributed by atoms with Gasteiger partial charge in [0, 0.05) is 23.5 Å². The van der Waals surface area contributed by atoms with E-state index in [9.17, 15) is 18.0 Å². The zero-order valence-electron chi connectivity index (χ0n) is 13.8. The Kier molecular flexibility index (Phi) is 4.12. The minimum Gasteiger partial charge on any atom is -0.321 e. The number of amides is 1. The number of halogens is 3. The summed E-state index contributed by atoms with van der Waals surface area (Å²) in [7, 11) is 0. The van der Waals surface area contributed by atoms with Crippen molar-refractivity contribution in [2.24, 2.45) is 0 Å². The van der Waals surface area contributed by atoms with Crippen LogP contribution in [-0.4, -0.2) is 15.3 Å². The highest BCUT2D eigenvalue weighted by atomic mass is 19.2. The predicted octanol–water partition coefficient (Wildman–Crippen LogP) is 4.67. The summed E-state index contributed by atoms with van der Waals surface area (Å²) in [5, 5.41) is 2.68. The van der Waals surface area contributed by atoms with Gasteiger partial charge in [-0.2, -0.15) is 0 Å². The average Bonchev–Trinajstić information content (AvgIpc) is 3.07. The molecule has 0 saturated carbocycles. The molecule has 0 unspecified atom stereocenters. The molecular weight excluding hydrogens is 355 g/mol. The largest absolute Gasteiger partial charge is 0.321 e.